The minimum absolute atomic E-state index is 0.0856. The summed E-state index contributed by atoms with van der Waals surface area (Å²) in [7, 11) is 1.49. The maximum Gasteiger partial charge on any atom is 0.395 e. The lowest BCUT2D eigenvalue weighted by Gasteiger charge is -2.37. The number of hydrogen-bond acceptors (Lipinski definition) is 4. The van der Waals surface area contributed by atoms with E-state index in [4.69, 9.17) is 9.47 Å². The Balaban J connectivity index is 2.79. The number of esters is 1. The summed E-state index contributed by atoms with van der Waals surface area (Å²) in [6.45, 7) is 6.90. The van der Waals surface area contributed by atoms with Crippen LogP contribution in [-0.4, -0.2) is 54.3 Å². The second kappa shape index (κ2) is 5.33. The number of aliphatic hydroxyl groups excluding tert-OH is 1. The summed E-state index contributed by atoms with van der Waals surface area (Å²) in [6.07, 6.45) is 1.29. The van der Waals surface area contributed by atoms with Crippen molar-refractivity contribution in [3.8, 4) is 0 Å². The predicted octanol–water partition coefficient (Wildman–Crippen LogP) is 0.861. The Kier molecular flexibility index (Phi) is 4.52. The average Bonchev–Trinajstić information content (AvgIpc) is 2.66. The molecule has 17 heavy (non-hydrogen) atoms. The zero-order chi connectivity index (χ0) is 13.1. The van der Waals surface area contributed by atoms with Gasteiger partial charge in [-0.1, -0.05) is 0 Å². The van der Waals surface area contributed by atoms with Crippen LogP contribution in [0.5, 0.6) is 0 Å². The van der Waals surface area contributed by atoms with Crippen molar-refractivity contribution in [2.45, 2.75) is 45.4 Å². The maximum absolute atomic E-state index is 12.1. The molecule has 0 bridgehead atoms. The summed E-state index contributed by atoms with van der Waals surface area (Å²) in [6, 6.07) is 0. The topological polar surface area (TPSA) is 55.8 Å². The van der Waals surface area contributed by atoms with Crippen molar-refractivity contribution >= 4 is 5.97 Å². The molecule has 1 N–H and O–H groups in total. The number of carbonyl (C=O) groups excluding carboxylic acids is 1. The van der Waals surface area contributed by atoms with Crippen LogP contribution in [0.3, 0.4) is 0 Å². The van der Waals surface area contributed by atoms with Crippen molar-refractivity contribution < 1.29 is 23.9 Å². The van der Waals surface area contributed by atoms with Gasteiger partial charge in [0.2, 0.25) is 0 Å². The Bertz CT molecular complexity index is 266. The van der Waals surface area contributed by atoms with Gasteiger partial charge < -0.3 is 14.6 Å². The highest BCUT2D eigenvalue weighted by atomic mass is 16.6. The molecule has 0 aromatic carbocycles. The number of ether oxygens (including phenoxy) is 2. The second-order valence-corrected chi connectivity index (χ2v) is 5.64. The number of nitrogens with zero attached hydrogens (tertiary/aromatic N) is 1. The third-order valence-corrected chi connectivity index (χ3v) is 3.07. The van der Waals surface area contributed by atoms with Crippen LogP contribution in [0.2, 0.25) is 0 Å². The molecule has 1 fully saturated rings. The monoisotopic (exact) mass is 246 g/mol. The van der Waals surface area contributed by atoms with Crippen LogP contribution in [0.15, 0.2) is 0 Å². The fourth-order valence-electron chi connectivity index (χ4n) is 2.31. The molecule has 1 saturated heterocycles. The lowest BCUT2D eigenvalue weighted by molar-refractivity contribution is -0.967. The molecule has 0 radical (unpaired) electrons. The lowest BCUT2D eigenvalue weighted by atomic mass is 10.2. The van der Waals surface area contributed by atoms with Crippen LogP contribution in [0, 0.1) is 0 Å². The molecule has 100 valence electrons. The van der Waals surface area contributed by atoms with Gasteiger partial charge in [0.05, 0.1) is 13.1 Å². The highest BCUT2D eigenvalue weighted by Crippen LogP contribution is 2.25. The fraction of sp³-hybridized carbons (Fsp3) is 0.917. The Morgan fingerprint density at radius 3 is 2.24 bits per heavy atom. The van der Waals surface area contributed by atoms with Crippen molar-refractivity contribution in [3.63, 3.8) is 0 Å². The molecule has 0 aromatic heterocycles. The van der Waals surface area contributed by atoms with Crippen LogP contribution in [0.1, 0.15) is 33.6 Å². The van der Waals surface area contributed by atoms with Gasteiger partial charge in [-0.05, 0) is 20.8 Å². The normalized spacial score (nSPS) is 21.2. The SMILES string of the molecule is COC(C(=O)OC(C)(C)C)[N+]1(CO)CCCC1. The molecule has 1 aliphatic heterocycles. The van der Waals surface area contributed by atoms with E-state index in [9.17, 15) is 9.90 Å². The fourth-order valence-corrected chi connectivity index (χ4v) is 2.31. The highest BCUT2D eigenvalue weighted by molar-refractivity contribution is 5.73. The van der Waals surface area contributed by atoms with Gasteiger partial charge >= 0.3 is 5.97 Å². The van der Waals surface area contributed by atoms with Crippen molar-refractivity contribution in [2.75, 3.05) is 26.9 Å². The van der Waals surface area contributed by atoms with Crippen molar-refractivity contribution in [1.82, 2.24) is 0 Å². The van der Waals surface area contributed by atoms with Gasteiger partial charge in [0.15, 0.2) is 6.73 Å². The summed E-state index contributed by atoms with van der Waals surface area (Å²) in [5, 5.41) is 9.55. The van der Waals surface area contributed by atoms with Crippen LogP contribution >= 0.6 is 0 Å². The van der Waals surface area contributed by atoms with E-state index < -0.39 is 17.8 Å². The number of methoxy groups -OCH3 is 1. The molecule has 0 spiro atoms. The standard InChI is InChI=1S/C12H24NO4/c1-12(2,3)17-11(15)10(16-4)13(9-14)7-5-6-8-13/h10,14H,5-9H2,1-4H3/q+1. The molecule has 0 saturated carbocycles. The third kappa shape index (κ3) is 3.40. The molecule has 1 aliphatic rings. The van der Waals surface area contributed by atoms with Crippen molar-refractivity contribution in [1.29, 1.82) is 0 Å². The van der Waals surface area contributed by atoms with E-state index in [-0.39, 0.29) is 11.2 Å². The molecular weight excluding hydrogens is 222 g/mol. The van der Waals surface area contributed by atoms with Gasteiger partial charge in [0.25, 0.3) is 6.23 Å². The molecule has 1 heterocycles. The van der Waals surface area contributed by atoms with Gasteiger partial charge in [-0.25, -0.2) is 4.79 Å². The Morgan fingerprint density at radius 2 is 1.88 bits per heavy atom. The minimum atomic E-state index is -0.721. The molecule has 0 aliphatic carbocycles. The first-order valence-electron chi connectivity index (χ1n) is 6.07. The van der Waals surface area contributed by atoms with E-state index in [1.807, 2.05) is 20.8 Å². The van der Waals surface area contributed by atoms with Gasteiger partial charge in [-0.15, -0.1) is 0 Å². The molecule has 1 atom stereocenters. The summed E-state index contributed by atoms with van der Waals surface area (Å²) in [5.41, 5.74) is -0.535. The number of aliphatic hydroxyl groups is 1. The van der Waals surface area contributed by atoms with Gasteiger partial charge in [-0.2, -0.15) is 0 Å². The predicted molar refractivity (Wildman–Crippen MR) is 63.0 cm³/mol. The number of likely N-dealkylation sites (tertiary alicyclic amines) is 1. The Labute approximate surface area is 103 Å². The Morgan fingerprint density at radius 1 is 1.35 bits per heavy atom. The molecule has 1 rings (SSSR count). The van der Waals surface area contributed by atoms with Crippen LogP contribution in [-0.2, 0) is 14.3 Å². The zero-order valence-corrected chi connectivity index (χ0v) is 11.2. The molecule has 1 unspecified atom stereocenters. The largest absolute Gasteiger partial charge is 0.454 e. The van der Waals surface area contributed by atoms with E-state index >= 15 is 0 Å². The van der Waals surface area contributed by atoms with Gasteiger partial charge in [0.1, 0.15) is 5.60 Å². The highest BCUT2D eigenvalue weighted by Gasteiger charge is 2.46. The first kappa shape index (κ1) is 14.4. The van der Waals surface area contributed by atoms with Crippen LogP contribution in [0.4, 0.5) is 0 Å². The Hall–Kier alpha value is -0.650. The first-order valence-corrected chi connectivity index (χ1v) is 6.07. The van der Waals surface area contributed by atoms with Crippen molar-refractivity contribution in [3.05, 3.63) is 0 Å². The number of quaternary nitrogens is 1. The lowest BCUT2D eigenvalue weighted by Crippen LogP contribution is -2.59. The summed E-state index contributed by atoms with van der Waals surface area (Å²) >= 11 is 0. The number of hydrogen-bond donors (Lipinski definition) is 1. The van der Waals surface area contributed by atoms with E-state index in [1.165, 1.54) is 7.11 Å². The average molecular weight is 246 g/mol. The van der Waals surface area contributed by atoms with Crippen molar-refractivity contribution in [2.24, 2.45) is 0 Å². The van der Waals surface area contributed by atoms with E-state index in [0.717, 1.165) is 25.9 Å². The van der Waals surface area contributed by atoms with E-state index in [1.54, 1.807) is 0 Å². The third-order valence-electron chi connectivity index (χ3n) is 3.07. The molecule has 5 nitrogen and oxygen atoms in total. The number of carbonyl (C=O) groups is 1. The van der Waals surface area contributed by atoms with E-state index in [0.29, 0.717) is 0 Å². The molecule has 0 aromatic rings. The van der Waals surface area contributed by atoms with Gasteiger partial charge in [-0.3, -0.25) is 4.48 Å². The quantitative estimate of drug-likeness (QED) is 0.590. The summed E-state index contributed by atoms with van der Waals surface area (Å²) in [5.74, 6) is -0.393. The molecular formula is C12H24NO4+. The summed E-state index contributed by atoms with van der Waals surface area (Å²) in [4.78, 5) is 12.1. The van der Waals surface area contributed by atoms with Crippen LogP contribution in [0.25, 0.3) is 0 Å². The maximum atomic E-state index is 12.1. The first-order chi connectivity index (χ1) is 7.84. The second-order valence-electron chi connectivity index (χ2n) is 5.64. The number of rotatable bonds is 4. The zero-order valence-electron chi connectivity index (χ0n) is 11.2. The minimum Gasteiger partial charge on any atom is -0.454 e. The smallest absolute Gasteiger partial charge is 0.395 e. The summed E-state index contributed by atoms with van der Waals surface area (Å²) < 4.78 is 10.9. The molecule has 5 heteroatoms. The van der Waals surface area contributed by atoms with Gasteiger partial charge in [0, 0.05) is 20.0 Å². The van der Waals surface area contributed by atoms with E-state index in [2.05, 4.69) is 0 Å². The molecule has 0 amide bonds. The van der Waals surface area contributed by atoms with Crippen LogP contribution < -0.4 is 0 Å².